The zero-order valence-electron chi connectivity index (χ0n) is 11.8. The van der Waals surface area contributed by atoms with Gasteiger partial charge in [-0.3, -0.25) is 19.7 Å². The number of nitro benzene ring substituents is 1. The maximum atomic E-state index is 11.7. The van der Waals surface area contributed by atoms with E-state index in [0.717, 1.165) is 18.9 Å². The predicted octanol–water partition coefficient (Wildman–Crippen LogP) is 1.08. The van der Waals surface area contributed by atoms with Crippen molar-refractivity contribution >= 4 is 17.9 Å². The molecule has 1 fully saturated rings. The number of aldehydes is 1. The molecule has 22 heavy (non-hydrogen) atoms. The van der Waals surface area contributed by atoms with Crippen LogP contribution in [-0.2, 0) is 9.53 Å². The molecule has 118 valence electrons. The number of nitro groups is 1. The Bertz CT molecular complexity index is 568. The monoisotopic (exact) mass is 308 g/mol. The molecule has 1 atom stereocenters. The van der Waals surface area contributed by atoms with Gasteiger partial charge in [0, 0.05) is 24.8 Å². The SMILES string of the molecule is O=Cc1ccc(OCC(=O)NC[C@@H]2CCCO2)c([N+](=O)[O-])c1. The first-order valence-corrected chi connectivity index (χ1v) is 6.85. The first-order chi connectivity index (χ1) is 10.6. The Labute approximate surface area is 126 Å². The Kier molecular flexibility index (Phi) is 5.42. The average Bonchev–Trinajstić information content (AvgIpc) is 3.04. The van der Waals surface area contributed by atoms with Crippen molar-refractivity contribution in [2.45, 2.75) is 18.9 Å². The molecule has 1 N–H and O–H groups in total. The minimum Gasteiger partial charge on any atom is -0.477 e. The summed E-state index contributed by atoms with van der Waals surface area (Å²) in [6.45, 7) is 0.759. The summed E-state index contributed by atoms with van der Waals surface area (Å²) >= 11 is 0. The third-order valence-electron chi connectivity index (χ3n) is 3.23. The molecule has 1 aromatic rings. The van der Waals surface area contributed by atoms with Gasteiger partial charge in [-0.1, -0.05) is 0 Å². The van der Waals surface area contributed by atoms with Crippen molar-refractivity contribution in [1.29, 1.82) is 0 Å². The summed E-state index contributed by atoms with van der Waals surface area (Å²) in [5.74, 6) is -0.438. The molecule has 2 rings (SSSR count). The molecule has 8 nitrogen and oxygen atoms in total. The van der Waals surface area contributed by atoms with E-state index < -0.39 is 4.92 Å². The number of amides is 1. The van der Waals surface area contributed by atoms with Crippen molar-refractivity contribution < 1.29 is 24.0 Å². The van der Waals surface area contributed by atoms with E-state index in [-0.39, 0.29) is 35.6 Å². The van der Waals surface area contributed by atoms with Crippen LogP contribution < -0.4 is 10.1 Å². The zero-order valence-corrected chi connectivity index (χ0v) is 11.8. The summed E-state index contributed by atoms with van der Waals surface area (Å²) in [5, 5.41) is 13.6. The summed E-state index contributed by atoms with van der Waals surface area (Å²) in [6.07, 6.45) is 2.40. The molecule has 8 heteroatoms. The Balaban J connectivity index is 1.88. The first-order valence-electron chi connectivity index (χ1n) is 6.85. The highest BCUT2D eigenvalue weighted by Crippen LogP contribution is 2.27. The van der Waals surface area contributed by atoms with Crippen LogP contribution in [0.5, 0.6) is 5.75 Å². The summed E-state index contributed by atoms with van der Waals surface area (Å²) in [7, 11) is 0. The van der Waals surface area contributed by atoms with E-state index in [0.29, 0.717) is 19.4 Å². The molecule has 0 aromatic heterocycles. The highest BCUT2D eigenvalue weighted by Gasteiger charge is 2.19. The number of hydrogen-bond acceptors (Lipinski definition) is 6. The molecule has 1 amide bonds. The highest BCUT2D eigenvalue weighted by molar-refractivity contribution is 5.79. The summed E-state index contributed by atoms with van der Waals surface area (Å²) in [4.78, 5) is 32.6. The molecule has 0 bridgehead atoms. The summed E-state index contributed by atoms with van der Waals surface area (Å²) in [6, 6.07) is 3.79. The predicted molar refractivity (Wildman–Crippen MR) is 76.0 cm³/mol. The smallest absolute Gasteiger partial charge is 0.311 e. The van der Waals surface area contributed by atoms with E-state index in [1.54, 1.807) is 0 Å². The van der Waals surface area contributed by atoms with Gasteiger partial charge < -0.3 is 14.8 Å². The molecule has 1 aliphatic rings. The fourth-order valence-electron chi connectivity index (χ4n) is 2.10. The van der Waals surface area contributed by atoms with E-state index in [1.165, 1.54) is 12.1 Å². The molecule has 0 aliphatic carbocycles. The van der Waals surface area contributed by atoms with Gasteiger partial charge in [-0.05, 0) is 25.0 Å². The van der Waals surface area contributed by atoms with Gasteiger partial charge in [-0.25, -0.2) is 0 Å². The van der Waals surface area contributed by atoms with Gasteiger partial charge in [0.2, 0.25) is 0 Å². The molecule has 0 saturated carbocycles. The van der Waals surface area contributed by atoms with Crippen molar-refractivity contribution in [3.63, 3.8) is 0 Å². The van der Waals surface area contributed by atoms with E-state index >= 15 is 0 Å². The fourth-order valence-corrected chi connectivity index (χ4v) is 2.10. The maximum Gasteiger partial charge on any atom is 0.311 e. The number of carbonyl (C=O) groups is 2. The molecule has 1 heterocycles. The average molecular weight is 308 g/mol. The van der Waals surface area contributed by atoms with E-state index in [9.17, 15) is 19.7 Å². The van der Waals surface area contributed by atoms with E-state index in [2.05, 4.69) is 5.32 Å². The molecule has 0 unspecified atom stereocenters. The molecule has 0 radical (unpaired) electrons. The molecule has 1 saturated heterocycles. The zero-order chi connectivity index (χ0) is 15.9. The number of carbonyl (C=O) groups excluding carboxylic acids is 2. The normalized spacial score (nSPS) is 17.0. The highest BCUT2D eigenvalue weighted by atomic mass is 16.6. The van der Waals surface area contributed by atoms with Crippen LogP contribution in [0.15, 0.2) is 18.2 Å². The lowest BCUT2D eigenvalue weighted by atomic mass is 10.2. The van der Waals surface area contributed by atoms with Gasteiger partial charge in [0.25, 0.3) is 5.91 Å². The van der Waals surface area contributed by atoms with Crippen molar-refractivity contribution in [2.75, 3.05) is 19.8 Å². The quantitative estimate of drug-likeness (QED) is 0.459. The van der Waals surface area contributed by atoms with Crippen LogP contribution in [0.1, 0.15) is 23.2 Å². The van der Waals surface area contributed by atoms with Gasteiger partial charge in [0.05, 0.1) is 11.0 Å². The lowest BCUT2D eigenvalue weighted by molar-refractivity contribution is -0.385. The van der Waals surface area contributed by atoms with Gasteiger partial charge in [-0.2, -0.15) is 0 Å². The number of hydrogen-bond donors (Lipinski definition) is 1. The second-order valence-electron chi connectivity index (χ2n) is 4.83. The minimum absolute atomic E-state index is 0.0187. The second-order valence-corrected chi connectivity index (χ2v) is 4.83. The van der Waals surface area contributed by atoms with E-state index in [4.69, 9.17) is 9.47 Å². The molecule has 0 spiro atoms. The van der Waals surface area contributed by atoms with E-state index in [1.807, 2.05) is 0 Å². The Morgan fingerprint density at radius 1 is 1.55 bits per heavy atom. The van der Waals surface area contributed by atoms with Gasteiger partial charge in [-0.15, -0.1) is 0 Å². The standard InChI is InChI=1S/C14H16N2O6/c17-8-10-3-4-13(12(6-10)16(19)20)22-9-14(18)15-7-11-2-1-5-21-11/h3-4,6,8,11H,1-2,5,7,9H2,(H,15,18)/t11-/m0/s1. The Morgan fingerprint density at radius 2 is 2.36 bits per heavy atom. The molecular formula is C14H16N2O6. The third kappa shape index (κ3) is 4.26. The van der Waals surface area contributed by atoms with Crippen LogP contribution in [0.25, 0.3) is 0 Å². The second kappa shape index (κ2) is 7.51. The van der Waals surface area contributed by atoms with Crippen LogP contribution in [0.4, 0.5) is 5.69 Å². The number of ether oxygens (including phenoxy) is 2. The van der Waals surface area contributed by atoms with Crippen LogP contribution in [0.2, 0.25) is 0 Å². The molecule has 1 aromatic carbocycles. The first kappa shape index (κ1) is 15.9. The van der Waals surface area contributed by atoms with Gasteiger partial charge in [0.15, 0.2) is 12.4 Å². The van der Waals surface area contributed by atoms with Gasteiger partial charge in [0.1, 0.15) is 6.29 Å². The van der Waals surface area contributed by atoms with Crippen LogP contribution >= 0.6 is 0 Å². The van der Waals surface area contributed by atoms with Crippen LogP contribution in [0, 0.1) is 10.1 Å². The van der Waals surface area contributed by atoms with Crippen molar-refractivity contribution in [3.05, 3.63) is 33.9 Å². The Hall–Kier alpha value is -2.48. The largest absolute Gasteiger partial charge is 0.477 e. The van der Waals surface area contributed by atoms with Crippen molar-refractivity contribution in [3.8, 4) is 5.75 Å². The van der Waals surface area contributed by atoms with Crippen molar-refractivity contribution in [1.82, 2.24) is 5.32 Å². The fraction of sp³-hybridized carbons (Fsp3) is 0.429. The Morgan fingerprint density at radius 3 is 3.00 bits per heavy atom. The third-order valence-corrected chi connectivity index (χ3v) is 3.23. The number of benzene rings is 1. The van der Waals surface area contributed by atoms with Gasteiger partial charge >= 0.3 is 5.69 Å². The maximum absolute atomic E-state index is 11.7. The number of rotatable bonds is 7. The molecular weight excluding hydrogens is 292 g/mol. The number of nitrogens with one attached hydrogen (secondary N) is 1. The minimum atomic E-state index is -0.660. The number of nitrogens with zero attached hydrogens (tertiary/aromatic N) is 1. The summed E-state index contributed by atoms with van der Waals surface area (Å²) < 4.78 is 10.5. The topological polar surface area (TPSA) is 108 Å². The lowest BCUT2D eigenvalue weighted by Gasteiger charge is -2.11. The lowest BCUT2D eigenvalue weighted by Crippen LogP contribution is -2.35. The van der Waals surface area contributed by atoms with Crippen molar-refractivity contribution in [2.24, 2.45) is 0 Å². The van der Waals surface area contributed by atoms with Crippen LogP contribution in [-0.4, -0.2) is 43.0 Å². The molecule has 1 aliphatic heterocycles. The summed E-state index contributed by atoms with van der Waals surface area (Å²) in [5.41, 5.74) is -0.182. The van der Waals surface area contributed by atoms with Crippen LogP contribution in [0.3, 0.4) is 0 Å².